The number of aryl methyl sites for hydroxylation is 1. The molecule has 2 heterocycles. The number of carbonyl (C=O) groups excluding carboxylic acids is 1. The average Bonchev–Trinajstić information content (AvgIpc) is 2.98. The van der Waals surface area contributed by atoms with E-state index in [4.69, 9.17) is 0 Å². The first kappa shape index (κ1) is 18.8. The van der Waals surface area contributed by atoms with E-state index in [-0.39, 0.29) is 18.2 Å². The first-order valence-electron chi connectivity index (χ1n) is 7.65. The van der Waals surface area contributed by atoms with Crippen molar-refractivity contribution >= 4 is 27.6 Å². The number of halogens is 3. The second kappa shape index (κ2) is 7.31. The second-order valence-corrected chi connectivity index (χ2v) is 6.55. The Balaban J connectivity index is 1.98. The molecule has 140 valence electrons. The number of thiazole rings is 1. The van der Waals surface area contributed by atoms with Crippen LogP contribution in [0.3, 0.4) is 0 Å². The average molecular weight is 394 g/mol. The lowest BCUT2D eigenvalue weighted by Crippen LogP contribution is -2.21. The summed E-state index contributed by atoms with van der Waals surface area (Å²) in [5.74, 6) is -0.342. The van der Waals surface area contributed by atoms with Gasteiger partial charge in [0.15, 0.2) is 0 Å². The van der Waals surface area contributed by atoms with E-state index in [0.29, 0.717) is 27.4 Å². The highest BCUT2D eigenvalue weighted by Crippen LogP contribution is 2.31. The van der Waals surface area contributed by atoms with Crippen molar-refractivity contribution in [2.24, 2.45) is 0 Å². The van der Waals surface area contributed by atoms with Crippen molar-refractivity contribution in [1.82, 2.24) is 20.3 Å². The summed E-state index contributed by atoms with van der Waals surface area (Å²) in [6.45, 7) is 5.27. The Morgan fingerprint density at radius 1 is 1.26 bits per heavy atom. The fourth-order valence-corrected chi connectivity index (χ4v) is 3.11. The van der Waals surface area contributed by atoms with E-state index >= 15 is 0 Å². The molecule has 10 heteroatoms. The number of fused-ring (bicyclic) bond motifs is 1. The Kier molecular flexibility index (Phi) is 5.08. The van der Waals surface area contributed by atoms with E-state index in [1.807, 2.05) is 6.92 Å². The Bertz CT molecular complexity index is 1000. The zero-order valence-electron chi connectivity index (χ0n) is 14.0. The molecule has 3 aromatic rings. The molecule has 0 atom stereocenters. The van der Waals surface area contributed by atoms with Crippen molar-refractivity contribution < 1.29 is 22.7 Å². The zero-order valence-corrected chi connectivity index (χ0v) is 14.8. The number of hydrogen-bond donors (Lipinski definition) is 1. The lowest BCUT2D eigenvalue weighted by atomic mass is 10.1. The van der Waals surface area contributed by atoms with Gasteiger partial charge in [-0.3, -0.25) is 4.79 Å². The first-order valence-corrected chi connectivity index (χ1v) is 8.47. The highest BCUT2D eigenvalue weighted by molar-refractivity contribution is 7.18. The van der Waals surface area contributed by atoms with Gasteiger partial charge in [0, 0.05) is 5.56 Å². The van der Waals surface area contributed by atoms with Crippen LogP contribution in [-0.2, 0) is 11.3 Å². The molecule has 6 nitrogen and oxygen atoms in total. The number of hydrogen-bond acceptors (Lipinski definition) is 6. The number of alkyl halides is 3. The van der Waals surface area contributed by atoms with Crippen molar-refractivity contribution in [3.63, 3.8) is 0 Å². The quantitative estimate of drug-likeness (QED) is 0.667. The van der Waals surface area contributed by atoms with E-state index in [1.165, 1.54) is 35.6 Å². The van der Waals surface area contributed by atoms with Gasteiger partial charge in [-0.2, -0.15) is 0 Å². The molecule has 1 N–H and O–H groups in total. The largest absolute Gasteiger partial charge is 0.573 e. The number of nitrogens with one attached hydrogen (secondary N) is 1. The van der Waals surface area contributed by atoms with Crippen molar-refractivity contribution in [3.8, 4) is 17.0 Å². The van der Waals surface area contributed by atoms with Gasteiger partial charge >= 0.3 is 6.36 Å². The predicted octanol–water partition coefficient (Wildman–Crippen LogP) is 3.76. The summed E-state index contributed by atoms with van der Waals surface area (Å²) in [4.78, 5) is 25.2. The summed E-state index contributed by atoms with van der Waals surface area (Å²) in [5.41, 5.74) is 1.56. The van der Waals surface area contributed by atoms with Crippen LogP contribution in [0, 0.1) is 6.92 Å². The van der Waals surface area contributed by atoms with Crippen molar-refractivity contribution in [2.45, 2.75) is 19.8 Å². The summed E-state index contributed by atoms with van der Waals surface area (Å²) < 4.78 is 40.8. The van der Waals surface area contributed by atoms with Crippen molar-refractivity contribution in [3.05, 3.63) is 47.8 Å². The molecule has 3 rings (SSSR count). The second-order valence-electron chi connectivity index (χ2n) is 5.37. The molecule has 0 aliphatic carbocycles. The van der Waals surface area contributed by atoms with Crippen LogP contribution in [0.1, 0.15) is 10.8 Å². The summed E-state index contributed by atoms with van der Waals surface area (Å²) in [5, 5.41) is 3.36. The normalized spacial score (nSPS) is 11.4. The van der Waals surface area contributed by atoms with Crippen LogP contribution in [0.4, 0.5) is 13.2 Å². The van der Waals surface area contributed by atoms with E-state index in [9.17, 15) is 18.0 Å². The Morgan fingerprint density at radius 3 is 2.59 bits per heavy atom. The molecule has 0 saturated carbocycles. The summed E-state index contributed by atoms with van der Waals surface area (Å²) in [7, 11) is 0. The third kappa shape index (κ3) is 4.59. The Labute approximate surface area is 155 Å². The van der Waals surface area contributed by atoms with Gasteiger partial charge in [0.05, 0.1) is 11.6 Å². The maximum atomic E-state index is 12.3. The molecule has 2 aromatic heterocycles. The molecule has 0 saturated heterocycles. The lowest BCUT2D eigenvalue weighted by Gasteiger charge is -2.10. The van der Waals surface area contributed by atoms with Crippen LogP contribution in [0.15, 0.2) is 36.9 Å². The van der Waals surface area contributed by atoms with Crippen molar-refractivity contribution in [1.29, 1.82) is 0 Å². The minimum atomic E-state index is -4.76. The third-order valence-electron chi connectivity index (χ3n) is 3.38. The van der Waals surface area contributed by atoms with Gasteiger partial charge in [-0.15, -0.1) is 13.2 Å². The van der Waals surface area contributed by atoms with Crippen LogP contribution in [0.5, 0.6) is 5.75 Å². The van der Waals surface area contributed by atoms with Gasteiger partial charge < -0.3 is 10.1 Å². The molecule has 0 unspecified atom stereocenters. The van der Waals surface area contributed by atoms with Gasteiger partial charge in [-0.1, -0.05) is 17.9 Å². The highest BCUT2D eigenvalue weighted by Gasteiger charge is 2.31. The van der Waals surface area contributed by atoms with E-state index in [1.54, 1.807) is 0 Å². The molecular formula is C17H13F3N4O2S. The fraction of sp³-hybridized carbons (Fsp3) is 0.176. The van der Waals surface area contributed by atoms with Crippen LogP contribution in [0.25, 0.3) is 21.6 Å². The van der Waals surface area contributed by atoms with Gasteiger partial charge in [0.2, 0.25) is 5.91 Å². The van der Waals surface area contributed by atoms with E-state index in [2.05, 4.69) is 31.6 Å². The number of benzene rings is 1. The first-order chi connectivity index (χ1) is 12.7. The van der Waals surface area contributed by atoms with Crippen LogP contribution in [-0.4, -0.2) is 27.2 Å². The molecule has 0 aliphatic rings. The molecule has 0 fully saturated rings. The van der Waals surface area contributed by atoms with Crippen molar-refractivity contribution in [2.75, 3.05) is 0 Å². The minimum absolute atomic E-state index is 0.0833. The van der Waals surface area contributed by atoms with Crippen LogP contribution in [0.2, 0.25) is 0 Å². The molecule has 0 bridgehead atoms. The highest BCUT2D eigenvalue weighted by atomic mass is 32.1. The lowest BCUT2D eigenvalue weighted by molar-refractivity contribution is -0.274. The number of carbonyl (C=O) groups is 1. The molecule has 0 spiro atoms. The zero-order chi connectivity index (χ0) is 19.6. The monoisotopic (exact) mass is 394 g/mol. The molecule has 1 aromatic carbocycles. The number of amides is 1. The molecule has 1 amide bonds. The van der Waals surface area contributed by atoms with E-state index in [0.717, 1.165) is 11.1 Å². The van der Waals surface area contributed by atoms with Gasteiger partial charge in [-0.25, -0.2) is 15.0 Å². The molecule has 27 heavy (non-hydrogen) atoms. The summed E-state index contributed by atoms with van der Waals surface area (Å²) in [6, 6.07) is 5.33. The summed E-state index contributed by atoms with van der Waals surface area (Å²) >= 11 is 1.36. The number of aromatic nitrogens is 3. The maximum absolute atomic E-state index is 12.3. The number of rotatable bonds is 5. The summed E-state index contributed by atoms with van der Waals surface area (Å²) in [6.07, 6.45) is -3.62. The van der Waals surface area contributed by atoms with Gasteiger partial charge in [0.25, 0.3) is 0 Å². The van der Waals surface area contributed by atoms with Gasteiger partial charge in [0.1, 0.15) is 27.6 Å². The Morgan fingerprint density at radius 2 is 1.96 bits per heavy atom. The maximum Gasteiger partial charge on any atom is 0.573 e. The standard InChI is InChI=1S/C17H13F3N4O2S/c1-3-13(25)21-8-12-23-14(15-16(24-12)27-9(2)22-15)10-4-6-11(7-5-10)26-17(18,19)20/h3-7H,1,8H2,2H3,(H,21,25). The topological polar surface area (TPSA) is 77.0 Å². The smallest absolute Gasteiger partial charge is 0.406 e. The third-order valence-corrected chi connectivity index (χ3v) is 4.24. The predicted molar refractivity (Wildman–Crippen MR) is 94.1 cm³/mol. The van der Waals surface area contributed by atoms with Gasteiger partial charge in [-0.05, 0) is 37.3 Å². The van der Waals surface area contributed by atoms with Crippen LogP contribution >= 0.6 is 11.3 Å². The minimum Gasteiger partial charge on any atom is -0.406 e. The Hall–Kier alpha value is -3.01. The number of ether oxygens (including phenoxy) is 1. The van der Waals surface area contributed by atoms with E-state index < -0.39 is 6.36 Å². The SMILES string of the molecule is C=CC(=O)NCc1nc(-c2ccc(OC(F)(F)F)cc2)c2nc(C)sc2n1. The molecule has 0 radical (unpaired) electrons. The molecular weight excluding hydrogens is 381 g/mol. The molecule has 0 aliphatic heterocycles. The fourth-order valence-electron chi connectivity index (χ4n) is 2.30. The van der Waals surface area contributed by atoms with Crippen LogP contribution < -0.4 is 10.1 Å². The number of nitrogens with zero attached hydrogens (tertiary/aromatic N) is 3.